The van der Waals surface area contributed by atoms with Crippen LogP contribution in [-0.4, -0.2) is 39.3 Å². The van der Waals surface area contributed by atoms with Gasteiger partial charge in [0, 0.05) is 32.2 Å². The normalized spacial score (nSPS) is 12.3. The third-order valence-corrected chi connectivity index (χ3v) is 6.17. The molecule has 0 aliphatic heterocycles. The van der Waals surface area contributed by atoms with Gasteiger partial charge in [-0.25, -0.2) is 17.7 Å². The number of aliphatic imine (C=N–C) groups is 1. The lowest BCUT2D eigenvalue weighted by atomic mass is 10.2. The number of nitrogens with zero attached hydrogens (tertiary/aromatic N) is 2. The predicted molar refractivity (Wildman–Crippen MR) is 110 cm³/mol. The highest BCUT2D eigenvalue weighted by atomic mass is 35.5. The van der Waals surface area contributed by atoms with E-state index in [0.717, 1.165) is 5.56 Å². The highest BCUT2D eigenvalue weighted by Crippen LogP contribution is 2.18. The lowest BCUT2D eigenvalue weighted by molar-refractivity contribution is 0.519. The molecule has 0 saturated heterocycles. The van der Waals surface area contributed by atoms with Gasteiger partial charge in [-0.05, 0) is 30.2 Å². The number of hydrogen-bond acceptors (Lipinski definition) is 3. The van der Waals surface area contributed by atoms with E-state index in [1.807, 2.05) is 37.3 Å². The van der Waals surface area contributed by atoms with Crippen LogP contribution in [0.3, 0.4) is 0 Å². The number of hydrogen-bond donors (Lipinski definition) is 2. The summed E-state index contributed by atoms with van der Waals surface area (Å²) < 4.78 is 26.2. The topological polar surface area (TPSA) is 73.8 Å². The van der Waals surface area contributed by atoms with E-state index in [2.05, 4.69) is 15.6 Å². The minimum absolute atomic E-state index is 0.282. The first-order valence-electron chi connectivity index (χ1n) is 8.62. The predicted octanol–water partition coefficient (Wildman–Crippen LogP) is 2.85. The molecular weight excluding hydrogens is 384 g/mol. The molecule has 0 atom stereocenters. The molecule has 146 valence electrons. The van der Waals surface area contributed by atoms with Gasteiger partial charge in [-0.2, -0.15) is 0 Å². The first-order chi connectivity index (χ1) is 12.9. The first kappa shape index (κ1) is 21.2. The van der Waals surface area contributed by atoms with E-state index >= 15 is 0 Å². The van der Waals surface area contributed by atoms with Crippen molar-refractivity contribution >= 4 is 27.6 Å². The molecule has 0 amide bonds. The third kappa shape index (κ3) is 5.69. The van der Waals surface area contributed by atoms with Crippen molar-refractivity contribution in [2.45, 2.75) is 24.9 Å². The zero-order valence-electron chi connectivity index (χ0n) is 15.7. The van der Waals surface area contributed by atoms with Crippen molar-refractivity contribution in [2.75, 3.05) is 20.6 Å². The average Bonchev–Trinajstić information content (AvgIpc) is 2.65. The molecule has 2 aromatic carbocycles. The maximum absolute atomic E-state index is 12.5. The maximum atomic E-state index is 12.5. The summed E-state index contributed by atoms with van der Waals surface area (Å²) in [6.45, 7) is 3.41. The Hall–Kier alpha value is -2.09. The summed E-state index contributed by atoms with van der Waals surface area (Å²) in [4.78, 5) is 4.82. The highest BCUT2D eigenvalue weighted by molar-refractivity contribution is 7.89. The Balaban J connectivity index is 2.17. The maximum Gasteiger partial charge on any atom is 0.242 e. The Morgan fingerprint density at radius 3 is 2.30 bits per heavy atom. The number of rotatable bonds is 7. The molecule has 0 aliphatic rings. The molecule has 27 heavy (non-hydrogen) atoms. The summed E-state index contributed by atoms with van der Waals surface area (Å²) in [5.74, 6) is 0.592. The van der Waals surface area contributed by atoms with Crippen molar-refractivity contribution < 1.29 is 8.42 Å². The van der Waals surface area contributed by atoms with Crippen LogP contribution >= 0.6 is 11.6 Å². The monoisotopic (exact) mass is 408 g/mol. The molecule has 0 unspecified atom stereocenters. The van der Waals surface area contributed by atoms with Gasteiger partial charge in [-0.15, -0.1) is 0 Å². The Bertz CT molecular complexity index is 898. The summed E-state index contributed by atoms with van der Waals surface area (Å²) in [6.07, 6.45) is 0. The number of benzene rings is 2. The van der Waals surface area contributed by atoms with Crippen LogP contribution in [0.4, 0.5) is 0 Å². The minimum atomic E-state index is -3.51. The van der Waals surface area contributed by atoms with E-state index in [0.29, 0.717) is 36.2 Å². The zero-order valence-corrected chi connectivity index (χ0v) is 17.3. The van der Waals surface area contributed by atoms with Crippen molar-refractivity contribution in [3.63, 3.8) is 0 Å². The molecule has 0 aliphatic carbocycles. The third-order valence-electron chi connectivity index (χ3n) is 3.89. The van der Waals surface area contributed by atoms with Gasteiger partial charge in [0.05, 0.1) is 11.4 Å². The lowest BCUT2D eigenvalue weighted by Gasteiger charge is -2.17. The number of nitrogens with one attached hydrogen (secondary N) is 2. The standard InChI is InChI=1S/C19H25ClN4O2S/c1-4-21-19(22-13-15-9-5-7-11-17(15)20)23-14-16-10-6-8-12-18(16)27(25,26)24(2)3/h5-12H,4,13-14H2,1-3H3,(H2,21,22,23). The number of sulfonamides is 1. The molecule has 6 nitrogen and oxygen atoms in total. The van der Waals surface area contributed by atoms with Gasteiger partial charge in [-0.3, -0.25) is 0 Å². The molecule has 2 N–H and O–H groups in total. The van der Waals surface area contributed by atoms with Crippen LogP contribution in [0.15, 0.2) is 58.4 Å². The Labute approximate surface area is 166 Å². The lowest BCUT2D eigenvalue weighted by Crippen LogP contribution is -2.37. The molecule has 8 heteroatoms. The van der Waals surface area contributed by atoms with Crippen LogP contribution in [0, 0.1) is 0 Å². The van der Waals surface area contributed by atoms with Crippen molar-refractivity contribution in [3.8, 4) is 0 Å². The summed E-state index contributed by atoms with van der Waals surface area (Å²) in [5, 5.41) is 7.02. The Kier molecular flexibility index (Phi) is 7.65. The summed E-state index contributed by atoms with van der Waals surface area (Å²) >= 11 is 6.18. The molecule has 0 fully saturated rings. The van der Waals surface area contributed by atoms with Crippen LogP contribution in [0.25, 0.3) is 0 Å². The van der Waals surface area contributed by atoms with Gasteiger partial charge >= 0.3 is 0 Å². The second kappa shape index (κ2) is 9.73. The quantitative estimate of drug-likeness (QED) is 0.545. The molecule has 0 heterocycles. The Morgan fingerprint density at radius 1 is 1.04 bits per heavy atom. The van der Waals surface area contributed by atoms with Gasteiger partial charge < -0.3 is 10.6 Å². The van der Waals surface area contributed by atoms with Gasteiger partial charge in [0.1, 0.15) is 0 Å². The second-order valence-electron chi connectivity index (χ2n) is 6.04. The van der Waals surface area contributed by atoms with Crippen molar-refractivity contribution in [1.29, 1.82) is 0 Å². The molecule has 0 spiro atoms. The van der Waals surface area contributed by atoms with E-state index in [1.54, 1.807) is 18.2 Å². The zero-order chi connectivity index (χ0) is 19.9. The van der Waals surface area contributed by atoms with E-state index < -0.39 is 10.0 Å². The molecule has 2 aromatic rings. The molecule has 0 saturated carbocycles. The second-order valence-corrected chi connectivity index (χ2v) is 8.56. The van der Waals surface area contributed by atoms with E-state index in [9.17, 15) is 8.42 Å². The summed E-state index contributed by atoms with van der Waals surface area (Å²) in [7, 11) is -0.468. The number of guanidine groups is 1. The molecule has 2 rings (SSSR count). The summed E-state index contributed by atoms with van der Waals surface area (Å²) in [5.41, 5.74) is 1.60. The van der Waals surface area contributed by atoms with Gasteiger partial charge in [0.2, 0.25) is 10.0 Å². The minimum Gasteiger partial charge on any atom is -0.357 e. The van der Waals surface area contributed by atoms with Crippen LogP contribution in [0.5, 0.6) is 0 Å². The molecule has 0 bridgehead atoms. The highest BCUT2D eigenvalue weighted by Gasteiger charge is 2.20. The van der Waals surface area contributed by atoms with Crippen LogP contribution in [0.1, 0.15) is 18.1 Å². The SMILES string of the molecule is CCNC(=NCc1ccccc1Cl)NCc1ccccc1S(=O)(=O)N(C)C. The van der Waals surface area contributed by atoms with Gasteiger partial charge in [0.15, 0.2) is 5.96 Å². The first-order valence-corrected chi connectivity index (χ1v) is 10.4. The van der Waals surface area contributed by atoms with Crippen LogP contribution in [-0.2, 0) is 23.1 Å². The molecule has 0 radical (unpaired) electrons. The summed E-state index contributed by atoms with van der Waals surface area (Å²) in [6, 6.07) is 14.5. The van der Waals surface area contributed by atoms with Gasteiger partial charge in [0.25, 0.3) is 0 Å². The number of halogens is 1. The van der Waals surface area contributed by atoms with Crippen LogP contribution in [0.2, 0.25) is 5.02 Å². The smallest absolute Gasteiger partial charge is 0.242 e. The molecular formula is C19H25ClN4O2S. The average molecular weight is 409 g/mol. The fourth-order valence-corrected chi connectivity index (χ4v) is 3.72. The van der Waals surface area contributed by atoms with E-state index in [1.165, 1.54) is 18.4 Å². The molecule has 0 aromatic heterocycles. The van der Waals surface area contributed by atoms with Crippen LogP contribution < -0.4 is 10.6 Å². The van der Waals surface area contributed by atoms with Crippen molar-refractivity contribution in [2.24, 2.45) is 4.99 Å². The Morgan fingerprint density at radius 2 is 1.67 bits per heavy atom. The van der Waals surface area contributed by atoms with Crippen molar-refractivity contribution in [3.05, 3.63) is 64.7 Å². The van der Waals surface area contributed by atoms with Gasteiger partial charge in [-0.1, -0.05) is 48.0 Å². The largest absolute Gasteiger partial charge is 0.357 e. The van der Waals surface area contributed by atoms with E-state index in [4.69, 9.17) is 11.6 Å². The van der Waals surface area contributed by atoms with Crippen molar-refractivity contribution in [1.82, 2.24) is 14.9 Å². The van der Waals surface area contributed by atoms with E-state index in [-0.39, 0.29) is 4.90 Å². The fourth-order valence-electron chi connectivity index (χ4n) is 2.41. The fraction of sp³-hybridized carbons (Fsp3) is 0.316.